The second-order valence-electron chi connectivity index (χ2n) is 9.18. The van der Waals surface area contributed by atoms with Crippen LogP contribution < -0.4 is 15.0 Å². The van der Waals surface area contributed by atoms with Crippen LogP contribution in [0.25, 0.3) is 11.1 Å². The lowest BCUT2D eigenvalue weighted by atomic mass is 9.83. The van der Waals surface area contributed by atoms with E-state index in [0.29, 0.717) is 36.6 Å². The van der Waals surface area contributed by atoms with Gasteiger partial charge in [-0.15, -0.1) is 0 Å². The number of benzene rings is 1. The van der Waals surface area contributed by atoms with Gasteiger partial charge in [-0.3, -0.25) is 9.69 Å². The quantitative estimate of drug-likeness (QED) is 0.637. The van der Waals surface area contributed by atoms with Crippen LogP contribution in [0.15, 0.2) is 23.1 Å². The maximum absolute atomic E-state index is 14.7. The van der Waals surface area contributed by atoms with Crippen molar-refractivity contribution in [3.63, 3.8) is 0 Å². The molecule has 0 N–H and O–H groups in total. The Kier molecular flexibility index (Phi) is 6.98. The fourth-order valence-electron chi connectivity index (χ4n) is 4.77. The third kappa shape index (κ3) is 4.53. The SMILES string of the molecule is COc1cc(-c2cn(C)c(=O)c(C)c2C)cc(OC)c1CN1CCC(C(C)C)C(F)(F)C1. The molecule has 32 heavy (non-hydrogen) atoms. The number of hydrogen-bond donors (Lipinski definition) is 0. The molecule has 1 aromatic heterocycles. The summed E-state index contributed by atoms with van der Waals surface area (Å²) in [6.07, 6.45) is 2.26. The number of alkyl halides is 2. The van der Waals surface area contributed by atoms with E-state index in [-0.39, 0.29) is 18.0 Å². The van der Waals surface area contributed by atoms with Crippen LogP contribution in [-0.2, 0) is 13.6 Å². The monoisotopic (exact) mass is 448 g/mol. The molecule has 0 radical (unpaired) electrons. The van der Waals surface area contributed by atoms with Crippen molar-refractivity contribution in [2.24, 2.45) is 18.9 Å². The molecule has 0 saturated carbocycles. The maximum Gasteiger partial charge on any atom is 0.263 e. The van der Waals surface area contributed by atoms with Crippen molar-refractivity contribution in [1.82, 2.24) is 9.47 Å². The van der Waals surface area contributed by atoms with Crippen molar-refractivity contribution in [2.45, 2.75) is 46.6 Å². The number of likely N-dealkylation sites (tertiary alicyclic amines) is 1. The molecule has 1 unspecified atom stereocenters. The second kappa shape index (κ2) is 9.22. The molecule has 0 amide bonds. The highest BCUT2D eigenvalue weighted by molar-refractivity contribution is 5.72. The van der Waals surface area contributed by atoms with Crippen LogP contribution in [0.1, 0.15) is 37.0 Å². The molecule has 0 bridgehead atoms. The lowest BCUT2D eigenvalue weighted by molar-refractivity contribution is -0.126. The summed E-state index contributed by atoms with van der Waals surface area (Å²) in [5.74, 6) is -2.21. The Morgan fingerprint density at radius 2 is 1.72 bits per heavy atom. The molecule has 1 atom stereocenters. The van der Waals surface area contributed by atoms with Gasteiger partial charge in [0.15, 0.2) is 0 Å². The molecular weight excluding hydrogens is 414 g/mol. The molecule has 2 heterocycles. The van der Waals surface area contributed by atoms with Gasteiger partial charge in [0.25, 0.3) is 11.5 Å². The number of rotatable bonds is 6. The zero-order valence-electron chi connectivity index (χ0n) is 20.1. The van der Waals surface area contributed by atoms with E-state index in [1.807, 2.05) is 39.8 Å². The van der Waals surface area contributed by atoms with Gasteiger partial charge in [0.2, 0.25) is 0 Å². The maximum atomic E-state index is 14.7. The Balaban J connectivity index is 1.99. The summed E-state index contributed by atoms with van der Waals surface area (Å²) in [5.41, 5.74) is 4.03. The molecule has 176 valence electrons. The Hall–Kier alpha value is -2.41. The molecule has 0 aliphatic carbocycles. The zero-order valence-corrected chi connectivity index (χ0v) is 20.1. The van der Waals surface area contributed by atoms with Crippen LogP contribution in [0.3, 0.4) is 0 Å². The van der Waals surface area contributed by atoms with Crippen LogP contribution in [0, 0.1) is 25.7 Å². The first-order valence-corrected chi connectivity index (χ1v) is 11.0. The Morgan fingerprint density at radius 3 is 2.22 bits per heavy atom. The predicted octanol–water partition coefficient (Wildman–Crippen LogP) is 4.80. The van der Waals surface area contributed by atoms with Crippen molar-refractivity contribution < 1.29 is 18.3 Å². The Labute approximate surface area is 189 Å². The molecule has 1 fully saturated rings. The standard InChI is InChI=1S/C25H34F2N2O3/c1-15(2)21-8-9-29(14-25(21,26)27)13-20-22(31-6)10-18(11-23(20)32-7)19-12-28(5)24(30)17(4)16(19)3/h10-12,15,21H,8-9,13-14H2,1-7H3. The lowest BCUT2D eigenvalue weighted by Gasteiger charge is -2.40. The highest BCUT2D eigenvalue weighted by Gasteiger charge is 2.45. The lowest BCUT2D eigenvalue weighted by Crippen LogP contribution is -2.49. The van der Waals surface area contributed by atoms with E-state index in [0.717, 1.165) is 22.3 Å². The minimum atomic E-state index is -2.73. The molecule has 1 aliphatic rings. The smallest absolute Gasteiger partial charge is 0.263 e. The molecule has 1 aliphatic heterocycles. The van der Waals surface area contributed by atoms with Crippen LogP contribution in [0.2, 0.25) is 0 Å². The number of piperidine rings is 1. The van der Waals surface area contributed by atoms with E-state index in [1.54, 1.807) is 36.9 Å². The second-order valence-corrected chi connectivity index (χ2v) is 9.18. The summed E-state index contributed by atoms with van der Waals surface area (Å²) in [7, 11) is 4.86. The zero-order chi connectivity index (χ0) is 23.8. The molecule has 7 heteroatoms. The van der Waals surface area contributed by atoms with Gasteiger partial charge in [0.1, 0.15) is 11.5 Å². The topological polar surface area (TPSA) is 43.7 Å². The van der Waals surface area contributed by atoms with E-state index in [2.05, 4.69) is 0 Å². The number of pyridine rings is 1. The molecular formula is C25H34F2N2O3. The van der Waals surface area contributed by atoms with Crippen molar-refractivity contribution in [3.05, 3.63) is 45.4 Å². The number of hydrogen-bond acceptors (Lipinski definition) is 4. The van der Waals surface area contributed by atoms with E-state index < -0.39 is 11.8 Å². The van der Waals surface area contributed by atoms with Gasteiger partial charge in [0, 0.05) is 36.8 Å². The Morgan fingerprint density at radius 1 is 1.12 bits per heavy atom. The van der Waals surface area contributed by atoms with E-state index in [4.69, 9.17) is 9.47 Å². The largest absolute Gasteiger partial charge is 0.496 e. The summed E-state index contributed by atoms with van der Waals surface area (Å²) in [5, 5.41) is 0. The minimum Gasteiger partial charge on any atom is -0.496 e. The summed E-state index contributed by atoms with van der Waals surface area (Å²) < 4.78 is 42.4. The van der Waals surface area contributed by atoms with Crippen LogP contribution in [-0.4, -0.2) is 42.7 Å². The highest BCUT2D eigenvalue weighted by Crippen LogP contribution is 2.41. The van der Waals surface area contributed by atoms with Crippen molar-refractivity contribution >= 4 is 0 Å². The average Bonchev–Trinajstić information content (AvgIpc) is 2.73. The summed E-state index contributed by atoms with van der Waals surface area (Å²) in [4.78, 5) is 14.0. The fraction of sp³-hybridized carbons (Fsp3) is 0.560. The van der Waals surface area contributed by atoms with Crippen molar-refractivity contribution in [3.8, 4) is 22.6 Å². The van der Waals surface area contributed by atoms with E-state index in [1.165, 1.54) is 0 Å². The molecule has 1 aromatic carbocycles. The fourth-order valence-corrected chi connectivity index (χ4v) is 4.77. The van der Waals surface area contributed by atoms with Gasteiger partial charge in [-0.2, -0.15) is 0 Å². The first-order valence-electron chi connectivity index (χ1n) is 11.0. The van der Waals surface area contributed by atoms with Crippen LogP contribution >= 0.6 is 0 Å². The first kappa shape index (κ1) is 24.2. The summed E-state index contributed by atoms with van der Waals surface area (Å²) >= 11 is 0. The third-order valence-corrected chi connectivity index (χ3v) is 6.77. The Bertz CT molecular complexity index is 1020. The summed E-state index contributed by atoms with van der Waals surface area (Å²) in [6, 6.07) is 3.78. The molecule has 0 spiro atoms. The van der Waals surface area contributed by atoms with Crippen molar-refractivity contribution in [1.29, 1.82) is 0 Å². The third-order valence-electron chi connectivity index (χ3n) is 6.77. The number of methoxy groups -OCH3 is 2. The van der Waals surface area contributed by atoms with E-state index >= 15 is 0 Å². The predicted molar refractivity (Wildman–Crippen MR) is 123 cm³/mol. The van der Waals surface area contributed by atoms with Crippen LogP contribution in [0.5, 0.6) is 11.5 Å². The average molecular weight is 449 g/mol. The normalized spacial score (nSPS) is 18.8. The molecule has 1 saturated heterocycles. The van der Waals surface area contributed by atoms with Crippen LogP contribution in [0.4, 0.5) is 8.78 Å². The van der Waals surface area contributed by atoms with Gasteiger partial charge < -0.3 is 14.0 Å². The number of aromatic nitrogens is 1. The van der Waals surface area contributed by atoms with Gasteiger partial charge in [-0.25, -0.2) is 8.78 Å². The number of ether oxygens (including phenoxy) is 2. The molecule has 2 aromatic rings. The van der Waals surface area contributed by atoms with Gasteiger partial charge in [-0.1, -0.05) is 13.8 Å². The molecule has 5 nitrogen and oxygen atoms in total. The van der Waals surface area contributed by atoms with Gasteiger partial charge >= 0.3 is 0 Å². The minimum absolute atomic E-state index is 0.0347. The van der Waals surface area contributed by atoms with Gasteiger partial charge in [0.05, 0.1) is 26.3 Å². The van der Waals surface area contributed by atoms with Crippen molar-refractivity contribution in [2.75, 3.05) is 27.3 Å². The highest BCUT2D eigenvalue weighted by atomic mass is 19.3. The van der Waals surface area contributed by atoms with Gasteiger partial charge in [-0.05, 0) is 56.0 Å². The number of aryl methyl sites for hydroxylation is 1. The molecule has 3 rings (SSSR count). The number of nitrogens with zero attached hydrogens (tertiary/aromatic N) is 2. The van der Waals surface area contributed by atoms with E-state index in [9.17, 15) is 13.6 Å². The first-order chi connectivity index (χ1) is 15.0. The summed E-state index contributed by atoms with van der Waals surface area (Å²) in [6.45, 7) is 8.10. The number of halogens is 2.